The maximum atomic E-state index is 10.7. The number of nitrogens with one attached hydrogen (secondary N) is 2. The molecule has 0 aliphatic heterocycles. The van der Waals surface area contributed by atoms with Gasteiger partial charge in [0.2, 0.25) is 0 Å². The van der Waals surface area contributed by atoms with Crippen molar-refractivity contribution >= 4 is 17.9 Å². The summed E-state index contributed by atoms with van der Waals surface area (Å²) in [6, 6.07) is 1.60. The van der Waals surface area contributed by atoms with Crippen molar-refractivity contribution in [3.8, 4) is 0 Å². The van der Waals surface area contributed by atoms with Crippen LogP contribution in [0.25, 0.3) is 0 Å². The lowest BCUT2D eigenvalue weighted by molar-refractivity contribution is 0.112. The van der Waals surface area contributed by atoms with E-state index in [1.165, 1.54) is 0 Å². The lowest BCUT2D eigenvalue weighted by Crippen LogP contribution is -2.08. The minimum atomic E-state index is 0.0459. The fourth-order valence-electron chi connectivity index (χ4n) is 1.09. The molecule has 0 unspecified atom stereocenters. The highest BCUT2D eigenvalue weighted by Crippen LogP contribution is 2.20. The van der Waals surface area contributed by atoms with Crippen molar-refractivity contribution in [2.75, 3.05) is 12.4 Å². The van der Waals surface area contributed by atoms with Crippen LogP contribution >= 0.6 is 0 Å². The largest absolute Gasteiger partial charge is 0.439 e. The summed E-state index contributed by atoms with van der Waals surface area (Å²) in [5.41, 5.74) is 0.765. The van der Waals surface area contributed by atoms with Crippen molar-refractivity contribution in [2.24, 2.45) is 5.92 Å². The average Bonchev–Trinajstić information content (AvgIpc) is 2.59. The van der Waals surface area contributed by atoms with Gasteiger partial charge in [0.1, 0.15) is 0 Å². The molecule has 0 atom stereocenters. The van der Waals surface area contributed by atoms with Crippen molar-refractivity contribution in [1.29, 1.82) is 5.41 Å². The molecular formula is C10H14N2O2. The van der Waals surface area contributed by atoms with Crippen molar-refractivity contribution in [1.82, 2.24) is 0 Å². The molecule has 1 aromatic heterocycles. The molecule has 0 radical (unpaired) electrons. The SMILES string of the molecule is CNc1cc(C=O)c(C(=N)C(C)C)o1. The van der Waals surface area contributed by atoms with Crippen molar-refractivity contribution in [2.45, 2.75) is 13.8 Å². The summed E-state index contributed by atoms with van der Waals surface area (Å²) in [5.74, 6) is 0.913. The summed E-state index contributed by atoms with van der Waals surface area (Å²) >= 11 is 0. The molecule has 0 fully saturated rings. The zero-order chi connectivity index (χ0) is 10.7. The van der Waals surface area contributed by atoms with Gasteiger partial charge in [-0.1, -0.05) is 13.8 Å². The monoisotopic (exact) mass is 194 g/mol. The first kappa shape index (κ1) is 10.5. The maximum absolute atomic E-state index is 10.7. The quantitative estimate of drug-likeness (QED) is 0.570. The molecule has 0 saturated heterocycles. The fraction of sp³-hybridized carbons (Fsp3) is 0.400. The smallest absolute Gasteiger partial charge is 0.194 e. The molecular weight excluding hydrogens is 180 g/mol. The van der Waals surface area contributed by atoms with Crippen molar-refractivity contribution in [3.63, 3.8) is 0 Å². The Kier molecular flexibility index (Phi) is 3.06. The molecule has 1 rings (SSSR count). The zero-order valence-electron chi connectivity index (χ0n) is 8.55. The maximum Gasteiger partial charge on any atom is 0.194 e. The van der Waals surface area contributed by atoms with E-state index < -0.39 is 0 Å². The summed E-state index contributed by atoms with van der Waals surface area (Å²) in [4.78, 5) is 10.7. The number of aldehydes is 1. The van der Waals surface area contributed by atoms with E-state index in [1.54, 1.807) is 13.1 Å². The first-order chi connectivity index (χ1) is 6.60. The third-order valence-electron chi connectivity index (χ3n) is 1.96. The van der Waals surface area contributed by atoms with Crippen molar-refractivity contribution < 1.29 is 9.21 Å². The molecule has 0 aromatic carbocycles. The minimum Gasteiger partial charge on any atom is -0.439 e. The van der Waals surface area contributed by atoms with Gasteiger partial charge >= 0.3 is 0 Å². The third kappa shape index (κ3) is 1.84. The molecule has 2 N–H and O–H groups in total. The second kappa shape index (κ2) is 4.09. The van der Waals surface area contributed by atoms with E-state index in [9.17, 15) is 4.79 Å². The first-order valence-electron chi connectivity index (χ1n) is 4.45. The van der Waals surface area contributed by atoms with Gasteiger partial charge in [0.05, 0.1) is 11.3 Å². The Hall–Kier alpha value is -1.58. The first-order valence-corrected chi connectivity index (χ1v) is 4.45. The number of hydrogen-bond acceptors (Lipinski definition) is 4. The van der Waals surface area contributed by atoms with Crippen molar-refractivity contribution in [3.05, 3.63) is 17.4 Å². The number of rotatable bonds is 4. The van der Waals surface area contributed by atoms with Gasteiger partial charge in [0.25, 0.3) is 0 Å². The molecule has 4 heteroatoms. The Morgan fingerprint density at radius 2 is 2.29 bits per heavy atom. The van der Waals surface area contributed by atoms with Gasteiger partial charge in [-0.05, 0) is 5.92 Å². The molecule has 1 aromatic rings. The molecule has 1 heterocycles. The molecule has 0 spiro atoms. The highest BCUT2D eigenvalue weighted by atomic mass is 16.4. The fourth-order valence-corrected chi connectivity index (χ4v) is 1.09. The van der Waals surface area contributed by atoms with E-state index in [2.05, 4.69) is 5.32 Å². The predicted octanol–water partition coefficient (Wildman–Crippen LogP) is 2.16. The highest BCUT2D eigenvalue weighted by Gasteiger charge is 2.16. The number of anilines is 1. The van der Waals surface area contributed by atoms with Crippen LogP contribution in [0.15, 0.2) is 10.5 Å². The number of carbonyl (C=O) groups is 1. The summed E-state index contributed by atoms with van der Waals surface area (Å²) in [6.45, 7) is 3.77. The second-order valence-corrected chi connectivity index (χ2v) is 3.33. The second-order valence-electron chi connectivity index (χ2n) is 3.33. The van der Waals surface area contributed by atoms with Gasteiger partial charge in [-0.2, -0.15) is 0 Å². The van der Waals surface area contributed by atoms with E-state index in [-0.39, 0.29) is 5.92 Å². The normalized spacial score (nSPS) is 10.3. The Bertz CT molecular complexity index is 353. The minimum absolute atomic E-state index is 0.0459. The van der Waals surface area contributed by atoms with Crippen LogP contribution in [0.5, 0.6) is 0 Å². The van der Waals surface area contributed by atoms with Crippen LogP contribution in [-0.4, -0.2) is 19.0 Å². The van der Waals surface area contributed by atoms with E-state index in [0.29, 0.717) is 29.2 Å². The van der Waals surface area contributed by atoms with Crippen LogP contribution in [0.2, 0.25) is 0 Å². The van der Waals surface area contributed by atoms with Gasteiger partial charge in [-0.3, -0.25) is 4.79 Å². The standard InChI is InChI=1S/C10H14N2O2/c1-6(2)9(11)10-7(5-13)4-8(12-3)14-10/h4-6,11-12H,1-3H3. The highest BCUT2D eigenvalue weighted by molar-refractivity contribution is 6.03. The molecule has 14 heavy (non-hydrogen) atoms. The van der Waals surface area contributed by atoms with Crippen LogP contribution in [0.3, 0.4) is 0 Å². The topological polar surface area (TPSA) is 66.1 Å². The van der Waals surface area contributed by atoms with E-state index in [1.807, 2.05) is 13.8 Å². The van der Waals surface area contributed by atoms with Crippen LogP contribution < -0.4 is 5.32 Å². The zero-order valence-corrected chi connectivity index (χ0v) is 8.55. The van der Waals surface area contributed by atoms with E-state index in [4.69, 9.17) is 9.83 Å². The lowest BCUT2D eigenvalue weighted by Gasteiger charge is -2.04. The van der Waals surface area contributed by atoms with E-state index in [0.717, 1.165) is 0 Å². The summed E-state index contributed by atoms with van der Waals surface area (Å²) < 4.78 is 5.31. The van der Waals surface area contributed by atoms with Crippen LogP contribution in [0.1, 0.15) is 30.0 Å². The molecule has 0 aliphatic carbocycles. The summed E-state index contributed by atoms with van der Waals surface area (Å²) in [7, 11) is 1.70. The van der Waals surface area contributed by atoms with Crippen LogP contribution in [0.4, 0.5) is 5.88 Å². The third-order valence-corrected chi connectivity index (χ3v) is 1.96. The predicted molar refractivity (Wildman–Crippen MR) is 55.3 cm³/mol. The Balaban J connectivity index is 3.12. The van der Waals surface area contributed by atoms with Gasteiger partial charge in [0, 0.05) is 13.1 Å². The molecule has 0 bridgehead atoms. The molecule has 76 valence electrons. The van der Waals surface area contributed by atoms with Crippen LogP contribution in [-0.2, 0) is 0 Å². The van der Waals surface area contributed by atoms with E-state index >= 15 is 0 Å². The molecule has 0 saturated carbocycles. The molecule has 0 amide bonds. The number of furan rings is 1. The average molecular weight is 194 g/mol. The van der Waals surface area contributed by atoms with Gasteiger partial charge in [0.15, 0.2) is 17.9 Å². The molecule has 0 aliphatic rings. The Morgan fingerprint density at radius 1 is 1.64 bits per heavy atom. The van der Waals surface area contributed by atoms with Crippen LogP contribution in [0, 0.1) is 11.3 Å². The Labute approximate surface area is 82.8 Å². The number of hydrogen-bond donors (Lipinski definition) is 2. The van der Waals surface area contributed by atoms with Gasteiger partial charge < -0.3 is 15.1 Å². The van der Waals surface area contributed by atoms with Gasteiger partial charge in [-0.25, -0.2) is 0 Å². The lowest BCUT2D eigenvalue weighted by atomic mass is 10.0. The Morgan fingerprint density at radius 3 is 2.71 bits per heavy atom. The summed E-state index contributed by atoms with van der Waals surface area (Å²) in [5, 5.41) is 10.5. The van der Waals surface area contributed by atoms with Gasteiger partial charge in [-0.15, -0.1) is 0 Å². The summed E-state index contributed by atoms with van der Waals surface area (Å²) in [6.07, 6.45) is 0.705. The number of carbonyl (C=O) groups excluding carboxylic acids is 1. The molecule has 4 nitrogen and oxygen atoms in total.